The fourth-order valence-corrected chi connectivity index (χ4v) is 5.29. The summed E-state index contributed by atoms with van der Waals surface area (Å²) in [5.74, 6) is 3.08. The summed E-state index contributed by atoms with van der Waals surface area (Å²) in [4.78, 5) is 24.8. The van der Waals surface area contributed by atoms with Crippen molar-refractivity contribution in [1.82, 2.24) is 0 Å². The minimum atomic E-state index is -1.46. The highest BCUT2D eigenvalue weighted by Crippen LogP contribution is 2.74. The first-order valence-electron chi connectivity index (χ1n) is 11.5. The van der Waals surface area contributed by atoms with Crippen LogP contribution in [-0.4, -0.2) is 23.1 Å². The summed E-state index contributed by atoms with van der Waals surface area (Å²) in [6.07, 6.45) is 3.61. The number of benzene rings is 2. The number of hydrogen-bond acceptors (Lipinski definition) is 5. The van der Waals surface area contributed by atoms with Crippen molar-refractivity contribution in [3.8, 4) is 29.4 Å². The molecule has 1 unspecified atom stereocenters. The van der Waals surface area contributed by atoms with E-state index in [9.17, 15) is 20.0 Å². The Morgan fingerprint density at radius 3 is 2.38 bits per heavy atom. The molecule has 6 nitrogen and oxygen atoms in total. The number of para-hydroxylation sites is 1. The summed E-state index contributed by atoms with van der Waals surface area (Å²) in [7, 11) is 0. The van der Waals surface area contributed by atoms with E-state index in [1.165, 1.54) is 0 Å². The Bertz CT molecular complexity index is 1180. The lowest BCUT2D eigenvalue weighted by atomic mass is 9.78. The molecule has 0 amide bonds. The summed E-state index contributed by atoms with van der Waals surface area (Å²) in [6, 6.07) is 18.3. The molecule has 3 atom stereocenters. The number of nitrogens with zero attached hydrogens (tertiary/aromatic N) is 1. The van der Waals surface area contributed by atoms with E-state index in [1.54, 1.807) is 38.1 Å². The molecule has 2 saturated carbocycles. The molecule has 6 heteroatoms. The molecule has 0 aliphatic heterocycles. The molecule has 0 radical (unpaired) electrons. The molecule has 0 heterocycles. The van der Waals surface area contributed by atoms with Crippen LogP contribution in [0.4, 0.5) is 0 Å². The highest BCUT2D eigenvalue weighted by atomic mass is 16.5. The molecular formula is C28H27NO5. The van der Waals surface area contributed by atoms with E-state index in [0.29, 0.717) is 17.1 Å². The largest absolute Gasteiger partial charge is 0.481 e. The first kappa shape index (κ1) is 23.4. The summed E-state index contributed by atoms with van der Waals surface area (Å²) in [6.45, 7) is 3.55. The standard InChI is InChI=1S/C28H27NO5/c1-27(2)24(15-16-25(30)34-21-12-6-7-13-21)28(27,26(31)32)23(18-29)19-9-8-14-22(17-19)33-20-10-4-3-5-11-20/h3-5,8-11,14,17,21,23-24H,6-7,12-13H2,1-2H3,(H,31,32)/t23?,24-,28+/m0/s1. The van der Waals surface area contributed by atoms with Crippen molar-refractivity contribution in [3.05, 3.63) is 60.2 Å². The monoisotopic (exact) mass is 457 g/mol. The molecule has 2 aliphatic carbocycles. The molecule has 0 bridgehead atoms. The molecule has 174 valence electrons. The number of carboxylic acids is 1. The normalized spacial score (nSPS) is 23.6. The number of hydrogen-bond donors (Lipinski definition) is 1. The highest BCUT2D eigenvalue weighted by Gasteiger charge is 2.79. The SMILES string of the molecule is CC1(C)[C@H](C#CC(=O)OC2CCCC2)[C@@]1(C(=O)O)C(C#N)c1cccc(Oc2ccccc2)c1. The number of ether oxygens (including phenoxy) is 2. The van der Waals surface area contributed by atoms with Crippen molar-refractivity contribution in [2.45, 2.75) is 51.6 Å². The van der Waals surface area contributed by atoms with Crippen LogP contribution < -0.4 is 4.74 Å². The molecule has 4 rings (SSSR count). The van der Waals surface area contributed by atoms with E-state index in [0.717, 1.165) is 25.7 Å². The summed E-state index contributed by atoms with van der Waals surface area (Å²) in [5, 5.41) is 20.4. The number of aliphatic carboxylic acids is 1. The van der Waals surface area contributed by atoms with Gasteiger partial charge in [-0.25, -0.2) is 4.79 Å². The van der Waals surface area contributed by atoms with Crippen LogP contribution in [0.15, 0.2) is 54.6 Å². The quantitative estimate of drug-likeness (QED) is 0.359. The topological polar surface area (TPSA) is 96.6 Å². The lowest BCUT2D eigenvalue weighted by Gasteiger charge is -2.22. The van der Waals surface area contributed by atoms with Gasteiger partial charge in [-0.15, -0.1) is 0 Å². The third-order valence-electron chi connectivity index (χ3n) is 7.16. The second-order valence-corrected chi connectivity index (χ2v) is 9.46. The molecular weight excluding hydrogens is 430 g/mol. The summed E-state index contributed by atoms with van der Waals surface area (Å²) < 4.78 is 11.3. The third-order valence-corrected chi connectivity index (χ3v) is 7.16. The summed E-state index contributed by atoms with van der Waals surface area (Å²) >= 11 is 0. The van der Waals surface area contributed by atoms with Crippen LogP contribution >= 0.6 is 0 Å². The van der Waals surface area contributed by atoms with Crippen LogP contribution in [0.1, 0.15) is 51.0 Å². The fourth-order valence-electron chi connectivity index (χ4n) is 5.29. The lowest BCUT2D eigenvalue weighted by Crippen LogP contribution is -2.28. The van der Waals surface area contributed by atoms with Crippen molar-refractivity contribution in [2.24, 2.45) is 16.7 Å². The van der Waals surface area contributed by atoms with Gasteiger partial charge in [0.15, 0.2) is 0 Å². The molecule has 0 spiro atoms. The fraction of sp³-hybridized carbons (Fsp3) is 0.393. The Balaban J connectivity index is 1.61. The van der Waals surface area contributed by atoms with Gasteiger partial charge in [-0.1, -0.05) is 50.1 Å². The highest BCUT2D eigenvalue weighted by molar-refractivity contribution is 5.90. The second kappa shape index (κ2) is 9.23. The van der Waals surface area contributed by atoms with E-state index in [1.807, 2.05) is 30.3 Å². The molecule has 1 N–H and O–H groups in total. The molecule has 0 saturated heterocycles. The van der Waals surface area contributed by atoms with Gasteiger partial charge in [-0.2, -0.15) is 5.26 Å². The first-order valence-corrected chi connectivity index (χ1v) is 11.5. The van der Waals surface area contributed by atoms with Crippen LogP contribution in [0.3, 0.4) is 0 Å². The van der Waals surface area contributed by atoms with Crippen molar-refractivity contribution in [2.75, 3.05) is 0 Å². The van der Waals surface area contributed by atoms with Gasteiger partial charge in [0.1, 0.15) is 23.0 Å². The molecule has 2 fully saturated rings. The average molecular weight is 458 g/mol. The maximum atomic E-state index is 12.6. The van der Waals surface area contributed by atoms with E-state index in [-0.39, 0.29) is 6.10 Å². The summed E-state index contributed by atoms with van der Waals surface area (Å²) in [5.41, 5.74) is -1.76. The van der Waals surface area contributed by atoms with Gasteiger partial charge in [0.2, 0.25) is 0 Å². The second-order valence-electron chi connectivity index (χ2n) is 9.46. The van der Waals surface area contributed by atoms with E-state index in [4.69, 9.17) is 9.47 Å². The zero-order chi connectivity index (χ0) is 24.3. The van der Waals surface area contributed by atoms with Gasteiger partial charge >= 0.3 is 11.9 Å². The Labute approximate surface area is 199 Å². The Morgan fingerprint density at radius 1 is 1.06 bits per heavy atom. The van der Waals surface area contributed by atoms with Gasteiger partial charge < -0.3 is 14.6 Å². The molecule has 34 heavy (non-hydrogen) atoms. The van der Waals surface area contributed by atoms with Crippen LogP contribution in [0.25, 0.3) is 0 Å². The molecule has 0 aromatic heterocycles. The van der Waals surface area contributed by atoms with Crippen molar-refractivity contribution >= 4 is 11.9 Å². The number of esters is 1. The van der Waals surface area contributed by atoms with Crippen molar-refractivity contribution in [1.29, 1.82) is 5.26 Å². The van der Waals surface area contributed by atoms with Gasteiger partial charge in [-0.05, 0) is 60.9 Å². The van der Waals surface area contributed by atoms with Crippen LogP contribution in [0.2, 0.25) is 0 Å². The zero-order valence-corrected chi connectivity index (χ0v) is 19.3. The van der Waals surface area contributed by atoms with Crippen LogP contribution in [0.5, 0.6) is 11.5 Å². The van der Waals surface area contributed by atoms with E-state index in [2.05, 4.69) is 17.9 Å². The van der Waals surface area contributed by atoms with Crippen molar-refractivity contribution < 1.29 is 24.2 Å². The van der Waals surface area contributed by atoms with Crippen molar-refractivity contribution in [3.63, 3.8) is 0 Å². The van der Waals surface area contributed by atoms with Gasteiger partial charge in [0, 0.05) is 11.8 Å². The van der Waals surface area contributed by atoms with Gasteiger partial charge in [-0.3, -0.25) is 4.79 Å². The number of carboxylic acid groups (broad SMARTS) is 1. The van der Waals surface area contributed by atoms with Gasteiger partial charge in [0.25, 0.3) is 0 Å². The average Bonchev–Trinajstić information content (AvgIpc) is 3.09. The van der Waals surface area contributed by atoms with Crippen LogP contribution in [-0.2, 0) is 14.3 Å². The maximum Gasteiger partial charge on any atom is 0.384 e. The van der Waals surface area contributed by atoms with E-state index >= 15 is 0 Å². The van der Waals surface area contributed by atoms with E-state index < -0.39 is 34.6 Å². The molecule has 2 aromatic carbocycles. The van der Waals surface area contributed by atoms with Gasteiger partial charge in [0.05, 0.1) is 12.0 Å². The first-order chi connectivity index (χ1) is 16.3. The number of carbonyl (C=O) groups is 2. The maximum absolute atomic E-state index is 12.6. The molecule has 2 aliphatic rings. The number of rotatable bonds is 6. The minimum Gasteiger partial charge on any atom is -0.481 e. The third kappa shape index (κ3) is 4.13. The predicted octanol–water partition coefficient (Wildman–Crippen LogP) is 5.30. The zero-order valence-electron chi connectivity index (χ0n) is 19.3. The molecule has 2 aromatic rings. The number of nitriles is 1. The smallest absolute Gasteiger partial charge is 0.384 e. The number of carbonyl (C=O) groups excluding carboxylic acids is 1. The van der Waals surface area contributed by atoms with Crippen LogP contribution in [0, 0.1) is 39.9 Å². The minimum absolute atomic E-state index is 0.113. The Morgan fingerprint density at radius 2 is 1.74 bits per heavy atom. The Kier molecular flexibility index (Phi) is 6.35. The lowest BCUT2D eigenvalue weighted by molar-refractivity contribution is -0.145. The Hall–Kier alpha value is -3.77. The predicted molar refractivity (Wildman–Crippen MR) is 125 cm³/mol.